The number of nitrogens with one attached hydrogen (secondary N) is 1. The average molecular weight is 339 g/mol. The molecule has 2 aromatic rings. The van der Waals surface area contributed by atoms with Crippen LogP contribution < -0.4 is 5.32 Å². The van der Waals surface area contributed by atoms with E-state index in [0.29, 0.717) is 6.04 Å². The summed E-state index contributed by atoms with van der Waals surface area (Å²) < 4.78 is 2.46. The van der Waals surface area contributed by atoms with E-state index >= 15 is 0 Å². The van der Waals surface area contributed by atoms with E-state index in [4.69, 9.17) is 31.4 Å². The number of hydrogen-bond donors (Lipinski definition) is 3. The molecular weight excluding hydrogens is 320 g/mol. The quantitative estimate of drug-likeness (QED) is 0.642. The second kappa shape index (κ2) is 6.60. The number of fused-ring (bicyclic) bond motifs is 3. The van der Waals surface area contributed by atoms with Crippen LogP contribution in [0, 0.1) is 13.8 Å². The third-order valence-electron chi connectivity index (χ3n) is 4.09. The molecule has 124 valence electrons. The van der Waals surface area contributed by atoms with Crippen LogP contribution in [-0.2, 0) is 16.1 Å². The minimum atomic E-state index is -1.82. The predicted octanol–water partition coefficient (Wildman–Crippen LogP) is 2.73. The van der Waals surface area contributed by atoms with Gasteiger partial charge in [-0.15, -0.1) is 0 Å². The van der Waals surface area contributed by atoms with Crippen LogP contribution in [0.25, 0.3) is 10.9 Å². The first kappa shape index (κ1) is 17.3. The minimum Gasteiger partial charge on any atom is -0.473 e. The SMILES string of the molecule is Cc1c2n(c3c(C)c(Cl)ccc13)[C@H](C)CNC2.O=C(O)C(=O)O. The molecule has 0 radical (unpaired) electrons. The second-order valence-corrected chi connectivity index (χ2v) is 6.01. The number of aryl methyl sites for hydroxylation is 2. The van der Waals surface area contributed by atoms with Gasteiger partial charge in [-0.05, 0) is 38.0 Å². The summed E-state index contributed by atoms with van der Waals surface area (Å²) >= 11 is 6.26. The van der Waals surface area contributed by atoms with Crippen molar-refractivity contribution < 1.29 is 19.8 Å². The van der Waals surface area contributed by atoms with Crippen molar-refractivity contribution in [3.63, 3.8) is 0 Å². The highest BCUT2D eigenvalue weighted by Gasteiger charge is 2.23. The Labute approximate surface area is 138 Å². The van der Waals surface area contributed by atoms with E-state index in [-0.39, 0.29) is 0 Å². The monoisotopic (exact) mass is 338 g/mol. The van der Waals surface area contributed by atoms with Gasteiger partial charge in [-0.1, -0.05) is 17.7 Å². The van der Waals surface area contributed by atoms with Crippen molar-refractivity contribution >= 4 is 34.4 Å². The van der Waals surface area contributed by atoms with Gasteiger partial charge in [0, 0.05) is 35.2 Å². The topological polar surface area (TPSA) is 91.6 Å². The maximum Gasteiger partial charge on any atom is 0.414 e. The number of carboxylic acid groups (broad SMARTS) is 2. The molecule has 23 heavy (non-hydrogen) atoms. The molecule has 3 N–H and O–H groups in total. The standard InChI is InChI=1S/C14H17ClN2.C2H2O4/c1-8-6-16-7-13-9(2)11-4-5-12(15)10(3)14(11)17(8)13;3-1(4)2(5)6/h4-5,8,16H,6-7H2,1-3H3;(H,3,4)(H,5,6)/t8-;/m1./s1. The maximum atomic E-state index is 9.10. The summed E-state index contributed by atoms with van der Waals surface area (Å²) in [5.41, 5.74) is 5.31. The molecule has 3 rings (SSSR count). The van der Waals surface area contributed by atoms with Crippen LogP contribution in [0.15, 0.2) is 12.1 Å². The molecule has 0 unspecified atom stereocenters. The van der Waals surface area contributed by atoms with Gasteiger partial charge >= 0.3 is 11.9 Å². The van der Waals surface area contributed by atoms with Crippen LogP contribution in [0.4, 0.5) is 0 Å². The largest absolute Gasteiger partial charge is 0.473 e. The van der Waals surface area contributed by atoms with Gasteiger partial charge in [0.2, 0.25) is 0 Å². The molecule has 0 saturated heterocycles. The molecule has 1 atom stereocenters. The molecular formula is C16H19ClN2O4. The first-order valence-electron chi connectivity index (χ1n) is 7.21. The van der Waals surface area contributed by atoms with Gasteiger partial charge in [-0.2, -0.15) is 0 Å². The fraction of sp³-hybridized carbons (Fsp3) is 0.375. The van der Waals surface area contributed by atoms with Gasteiger partial charge in [0.15, 0.2) is 0 Å². The maximum absolute atomic E-state index is 9.10. The van der Waals surface area contributed by atoms with Crippen molar-refractivity contribution in [2.45, 2.75) is 33.4 Å². The summed E-state index contributed by atoms with van der Waals surface area (Å²) in [7, 11) is 0. The van der Waals surface area contributed by atoms with Gasteiger partial charge in [0.1, 0.15) is 0 Å². The van der Waals surface area contributed by atoms with Gasteiger partial charge in [0.05, 0.1) is 5.52 Å². The highest BCUT2D eigenvalue weighted by Crippen LogP contribution is 2.35. The van der Waals surface area contributed by atoms with Crippen molar-refractivity contribution in [2.75, 3.05) is 6.54 Å². The highest BCUT2D eigenvalue weighted by molar-refractivity contribution is 6.32. The molecule has 6 nitrogen and oxygen atoms in total. The molecule has 0 aliphatic carbocycles. The number of hydrogen-bond acceptors (Lipinski definition) is 3. The van der Waals surface area contributed by atoms with Crippen LogP contribution in [0.2, 0.25) is 5.02 Å². The van der Waals surface area contributed by atoms with Crippen LogP contribution in [0.1, 0.15) is 29.8 Å². The molecule has 0 fully saturated rings. The Morgan fingerprint density at radius 2 is 1.83 bits per heavy atom. The van der Waals surface area contributed by atoms with Crippen molar-refractivity contribution in [3.05, 3.63) is 34.0 Å². The van der Waals surface area contributed by atoms with E-state index in [1.807, 2.05) is 6.07 Å². The van der Waals surface area contributed by atoms with E-state index in [9.17, 15) is 0 Å². The molecule has 1 aromatic heterocycles. The zero-order valence-corrected chi connectivity index (χ0v) is 13.9. The molecule has 0 bridgehead atoms. The number of aliphatic carboxylic acids is 2. The lowest BCUT2D eigenvalue weighted by Crippen LogP contribution is -2.31. The first-order chi connectivity index (χ1) is 10.8. The Hall–Kier alpha value is -2.05. The molecule has 7 heteroatoms. The van der Waals surface area contributed by atoms with Crippen LogP contribution in [0.5, 0.6) is 0 Å². The molecule has 1 aliphatic heterocycles. The van der Waals surface area contributed by atoms with Crippen LogP contribution in [-0.4, -0.2) is 33.3 Å². The Morgan fingerprint density at radius 1 is 1.22 bits per heavy atom. The van der Waals surface area contributed by atoms with Crippen LogP contribution >= 0.6 is 11.6 Å². The van der Waals surface area contributed by atoms with Gasteiger partial charge in [0.25, 0.3) is 0 Å². The summed E-state index contributed by atoms with van der Waals surface area (Å²) in [4.78, 5) is 18.2. The van der Waals surface area contributed by atoms with E-state index in [0.717, 1.165) is 18.1 Å². The summed E-state index contributed by atoms with van der Waals surface area (Å²) in [5, 5.41) is 20.5. The number of rotatable bonds is 0. The lowest BCUT2D eigenvalue weighted by atomic mass is 10.1. The molecule has 1 aliphatic rings. The lowest BCUT2D eigenvalue weighted by Gasteiger charge is -2.25. The zero-order valence-electron chi connectivity index (χ0n) is 13.2. The number of halogens is 1. The Bertz CT molecular complexity index is 770. The van der Waals surface area contributed by atoms with E-state index in [2.05, 4.69) is 36.7 Å². The normalized spacial score (nSPS) is 16.4. The summed E-state index contributed by atoms with van der Waals surface area (Å²) in [6.45, 7) is 8.58. The number of nitrogens with zero attached hydrogens (tertiary/aromatic N) is 1. The second-order valence-electron chi connectivity index (χ2n) is 5.60. The summed E-state index contributed by atoms with van der Waals surface area (Å²) in [5.74, 6) is -3.65. The number of carboxylic acids is 2. The van der Waals surface area contributed by atoms with Crippen LogP contribution in [0.3, 0.4) is 0 Å². The fourth-order valence-corrected chi connectivity index (χ4v) is 3.11. The zero-order chi connectivity index (χ0) is 17.3. The third kappa shape index (κ3) is 3.18. The van der Waals surface area contributed by atoms with Crippen molar-refractivity contribution in [1.29, 1.82) is 0 Å². The molecule has 0 amide bonds. The average Bonchev–Trinajstić information content (AvgIpc) is 2.79. The fourth-order valence-electron chi connectivity index (χ4n) is 2.95. The molecule has 0 spiro atoms. The number of aromatic nitrogens is 1. The number of benzene rings is 1. The third-order valence-corrected chi connectivity index (χ3v) is 4.50. The van der Waals surface area contributed by atoms with Gasteiger partial charge in [-0.3, -0.25) is 0 Å². The predicted molar refractivity (Wildman–Crippen MR) is 88.1 cm³/mol. The van der Waals surface area contributed by atoms with Gasteiger partial charge in [-0.25, -0.2) is 9.59 Å². The molecule has 1 aromatic carbocycles. The minimum absolute atomic E-state index is 0.493. The van der Waals surface area contributed by atoms with E-state index in [1.165, 1.54) is 27.7 Å². The Morgan fingerprint density at radius 3 is 2.39 bits per heavy atom. The number of carbonyl (C=O) groups is 2. The van der Waals surface area contributed by atoms with Crippen molar-refractivity contribution in [1.82, 2.24) is 9.88 Å². The smallest absolute Gasteiger partial charge is 0.414 e. The Balaban J connectivity index is 0.000000277. The Kier molecular flexibility index (Phi) is 4.97. The first-order valence-corrected chi connectivity index (χ1v) is 7.58. The van der Waals surface area contributed by atoms with Crippen molar-refractivity contribution in [3.8, 4) is 0 Å². The molecule has 0 saturated carbocycles. The summed E-state index contributed by atoms with van der Waals surface area (Å²) in [6.07, 6.45) is 0. The van der Waals surface area contributed by atoms with E-state index < -0.39 is 11.9 Å². The van der Waals surface area contributed by atoms with E-state index in [1.54, 1.807) is 0 Å². The lowest BCUT2D eigenvalue weighted by molar-refractivity contribution is -0.159. The molecule has 2 heterocycles. The van der Waals surface area contributed by atoms with Gasteiger partial charge < -0.3 is 20.1 Å². The van der Waals surface area contributed by atoms with Crippen molar-refractivity contribution in [2.24, 2.45) is 0 Å². The highest BCUT2D eigenvalue weighted by atomic mass is 35.5. The summed E-state index contributed by atoms with van der Waals surface area (Å²) in [6, 6.07) is 4.65.